The fourth-order valence-electron chi connectivity index (χ4n) is 13.0. The fourth-order valence-corrected chi connectivity index (χ4v) is 13.0. The van der Waals surface area contributed by atoms with Crippen molar-refractivity contribution in [3.05, 3.63) is 234 Å². The lowest BCUT2D eigenvalue weighted by atomic mass is 9.37. The first-order chi connectivity index (χ1) is 39.8. The Kier molecular flexibility index (Phi) is 12.7. The molecule has 0 saturated heterocycles. The number of benzene rings is 9. The lowest BCUT2D eigenvalue weighted by molar-refractivity contribution is 0.590. The topological polar surface area (TPSA) is 27.8 Å². The van der Waals surface area contributed by atoms with E-state index in [1.54, 1.807) is 0 Å². The Balaban J connectivity index is 1.27. The van der Waals surface area contributed by atoms with Gasteiger partial charge in [-0.15, -0.1) is 0 Å². The van der Waals surface area contributed by atoms with Crippen LogP contribution in [0.15, 0.2) is 211 Å². The van der Waals surface area contributed by atoms with E-state index in [9.17, 15) is 0 Å². The van der Waals surface area contributed by atoms with Gasteiger partial charge >= 0.3 is 6.71 Å². The highest BCUT2D eigenvalue weighted by Gasteiger charge is 2.51. The number of hydrogen-bond acceptors (Lipinski definition) is 4. The minimum atomic E-state index is -0.371. The van der Waals surface area contributed by atoms with E-state index in [-0.39, 0.29) is 33.8 Å². The maximum absolute atomic E-state index is 7.74. The largest absolute Gasteiger partial charge is 0.468 e. The zero-order valence-corrected chi connectivity index (χ0v) is 51.9. The number of hydrogen-bond donors (Lipinski definition) is 0. The summed E-state index contributed by atoms with van der Waals surface area (Å²) >= 11 is 0. The third-order valence-electron chi connectivity index (χ3n) is 17.7. The molecule has 4 heterocycles. The minimum absolute atomic E-state index is 0.0336. The molecule has 0 saturated carbocycles. The second-order valence-corrected chi connectivity index (χ2v) is 28.8. The van der Waals surface area contributed by atoms with Crippen molar-refractivity contribution < 1.29 is 4.42 Å². The van der Waals surface area contributed by atoms with Gasteiger partial charge in [-0.05, 0) is 163 Å². The van der Waals surface area contributed by atoms with Gasteiger partial charge in [-0.3, -0.25) is 0 Å². The second-order valence-electron chi connectivity index (χ2n) is 28.8. The predicted octanol–water partition coefficient (Wildman–Crippen LogP) is 20.1. The molecule has 0 N–H and O–H groups in total. The molecule has 2 aliphatic rings. The number of fused-ring (bicyclic) bond motifs is 8. The predicted molar refractivity (Wildman–Crippen MR) is 361 cm³/mol. The summed E-state index contributed by atoms with van der Waals surface area (Å²) in [6, 6.07) is 78.0. The number of para-hydroxylation sites is 2. The molecule has 6 heteroatoms. The number of nitrogens with zero attached hydrogens (tertiary/aromatic N) is 4. The van der Waals surface area contributed by atoms with Crippen LogP contribution in [0.2, 0.25) is 0 Å². The molecule has 0 atom stereocenters. The molecule has 2 aliphatic heterocycles. The van der Waals surface area contributed by atoms with Crippen molar-refractivity contribution in [2.75, 3.05) is 14.7 Å². The van der Waals surface area contributed by atoms with Crippen LogP contribution >= 0.6 is 0 Å². The summed E-state index contributed by atoms with van der Waals surface area (Å²) < 4.78 is 10.3. The average molecular weight is 1100 g/mol. The molecule has 2 aromatic heterocycles. The van der Waals surface area contributed by atoms with Crippen molar-refractivity contribution >= 4 is 96.5 Å². The van der Waals surface area contributed by atoms with E-state index in [1.165, 1.54) is 49.8 Å². The van der Waals surface area contributed by atoms with E-state index in [0.29, 0.717) is 0 Å². The van der Waals surface area contributed by atoms with E-state index in [0.717, 1.165) is 84.6 Å². The highest BCUT2D eigenvalue weighted by Crippen LogP contribution is 2.54. The van der Waals surface area contributed by atoms with Crippen LogP contribution in [0.5, 0.6) is 0 Å². The Morgan fingerprint density at radius 2 is 0.821 bits per heavy atom. The Labute approximate surface area is 499 Å². The maximum Gasteiger partial charge on any atom is 0.318 e. The quantitative estimate of drug-likeness (QED) is 0.149. The van der Waals surface area contributed by atoms with Crippen molar-refractivity contribution in [1.29, 1.82) is 0 Å². The summed E-state index contributed by atoms with van der Waals surface area (Å²) in [7, 11) is 0. The number of furan rings is 1. The SMILES string of the molecule is CC(C)(C)c1ccc(N2c3cc(N(c4ccccc4)c4ccccc4)cc4c3B(c3oc5ccc(C(C)(C)C)cc5c32)c2c(c3cc(C(C)(C)C)ccc3n2-c2ccc(C(C)(C)C)cc2)N4c2ccc(C(C)(C)C)cc2-c2ccccc2)cc1. The third-order valence-corrected chi connectivity index (χ3v) is 17.7. The van der Waals surface area contributed by atoms with Crippen molar-refractivity contribution in [3.8, 4) is 16.8 Å². The third kappa shape index (κ3) is 9.25. The minimum Gasteiger partial charge on any atom is -0.468 e. The van der Waals surface area contributed by atoms with E-state index >= 15 is 0 Å². The first-order valence-corrected chi connectivity index (χ1v) is 30.2. The molecule has 13 rings (SSSR count). The highest BCUT2D eigenvalue weighted by atomic mass is 16.3. The number of anilines is 9. The van der Waals surface area contributed by atoms with Crippen LogP contribution in [-0.4, -0.2) is 11.3 Å². The fraction of sp³-hybridized carbons (Fsp3) is 0.256. The molecule has 84 heavy (non-hydrogen) atoms. The van der Waals surface area contributed by atoms with E-state index in [1.807, 2.05) is 0 Å². The molecule has 0 amide bonds. The smallest absolute Gasteiger partial charge is 0.318 e. The second kappa shape index (κ2) is 19.6. The number of aromatic nitrogens is 1. The van der Waals surface area contributed by atoms with Crippen LogP contribution < -0.4 is 31.4 Å². The molecule has 5 nitrogen and oxygen atoms in total. The van der Waals surface area contributed by atoms with Crippen LogP contribution in [0.25, 0.3) is 38.7 Å². The molecule has 11 aromatic rings. The molecule has 420 valence electrons. The molecule has 0 fully saturated rings. The van der Waals surface area contributed by atoms with Gasteiger partial charge in [-0.25, -0.2) is 0 Å². The van der Waals surface area contributed by atoms with Crippen LogP contribution in [0, 0.1) is 0 Å². The van der Waals surface area contributed by atoms with E-state index < -0.39 is 0 Å². The summed E-state index contributed by atoms with van der Waals surface area (Å²) in [5.74, 6) is 0. The van der Waals surface area contributed by atoms with Crippen molar-refractivity contribution in [2.45, 2.75) is 131 Å². The van der Waals surface area contributed by atoms with Crippen LogP contribution in [0.4, 0.5) is 51.2 Å². The lowest BCUT2D eigenvalue weighted by Crippen LogP contribution is -2.62. The average Bonchev–Trinajstić information content (AvgIpc) is 1.41. The zero-order chi connectivity index (χ0) is 59.0. The summed E-state index contributed by atoms with van der Waals surface area (Å²) in [5.41, 5.74) is 24.4. The summed E-state index contributed by atoms with van der Waals surface area (Å²) in [6.07, 6.45) is 0. The van der Waals surface area contributed by atoms with Gasteiger partial charge < -0.3 is 23.7 Å². The maximum atomic E-state index is 7.74. The summed E-state index contributed by atoms with van der Waals surface area (Å²) in [4.78, 5) is 7.66. The van der Waals surface area contributed by atoms with E-state index in [2.05, 4.69) is 329 Å². The Morgan fingerprint density at radius 3 is 1.36 bits per heavy atom. The molecular formula is C78H79BN4O. The van der Waals surface area contributed by atoms with E-state index in [4.69, 9.17) is 4.42 Å². The van der Waals surface area contributed by atoms with Gasteiger partial charge in [-0.2, -0.15) is 0 Å². The molecule has 0 unspecified atom stereocenters. The van der Waals surface area contributed by atoms with Gasteiger partial charge in [0.05, 0.1) is 28.3 Å². The molecule has 9 aromatic carbocycles. The van der Waals surface area contributed by atoms with Crippen molar-refractivity contribution in [2.24, 2.45) is 0 Å². The Morgan fingerprint density at radius 1 is 0.369 bits per heavy atom. The van der Waals surface area contributed by atoms with Gasteiger partial charge in [0.25, 0.3) is 0 Å². The van der Waals surface area contributed by atoms with Crippen LogP contribution in [0.3, 0.4) is 0 Å². The number of rotatable bonds is 7. The summed E-state index contributed by atoms with van der Waals surface area (Å²) in [6.45, 7) is 34.4. The Bertz CT molecular complexity index is 4270. The molecule has 0 aliphatic carbocycles. The van der Waals surface area contributed by atoms with Gasteiger partial charge in [0.2, 0.25) is 0 Å². The molecular weight excluding hydrogens is 1020 g/mol. The Hall–Kier alpha value is -8.48. The monoisotopic (exact) mass is 1100 g/mol. The van der Waals surface area contributed by atoms with Crippen molar-refractivity contribution in [1.82, 2.24) is 4.57 Å². The summed E-state index contributed by atoms with van der Waals surface area (Å²) in [5, 5.41) is 2.28. The van der Waals surface area contributed by atoms with Gasteiger partial charge in [0.15, 0.2) is 0 Å². The first kappa shape index (κ1) is 54.8. The normalized spacial score (nSPS) is 13.6. The van der Waals surface area contributed by atoms with Gasteiger partial charge in [0, 0.05) is 56.1 Å². The standard InChI is InChI=1S/C78H79BN4O/c1-74(2,3)51-31-38-58(39-32-51)81-66-48-60(80(56-27-21-17-22-28-56)57-29-23-18-24-30-57)49-67-69(66)79(73-71(81)63-47-55(78(13,14)15)37-44-68(63)84-73)72-70(83(67)64-42-35-53(76(7,8)9)45-61(64)50-25-19-16-20-26-50)62-46-54(77(10,11)12)36-43-65(62)82(72)59-40-33-52(34-41-59)75(4,5)6/h16-49H,1-15H3. The van der Waals surface area contributed by atoms with Gasteiger partial charge in [-0.1, -0.05) is 213 Å². The molecule has 0 spiro atoms. The lowest BCUT2D eigenvalue weighted by Gasteiger charge is -2.43. The van der Waals surface area contributed by atoms with Crippen molar-refractivity contribution in [3.63, 3.8) is 0 Å². The zero-order valence-electron chi connectivity index (χ0n) is 51.9. The molecule has 0 radical (unpaired) electrons. The van der Waals surface area contributed by atoms with Gasteiger partial charge in [0.1, 0.15) is 11.2 Å². The first-order valence-electron chi connectivity index (χ1n) is 30.2. The molecule has 0 bridgehead atoms. The highest BCUT2D eigenvalue weighted by molar-refractivity contribution is 7.00. The van der Waals surface area contributed by atoms with Crippen LogP contribution in [-0.2, 0) is 27.1 Å². The van der Waals surface area contributed by atoms with Crippen LogP contribution in [0.1, 0.15) is 132 Å².